The van der Waals surface area contributed by atoms with Gasteiger partial charge >= 0.3 is 0 Å². The van der Waals surface area contributed by atoms with E-state index in [4.69, 9.17) is 0 Å². The van der Waals surface area contributed by atoms with E-state index < -0.39 is 0 Å². The van der Waals surface area contributed by atoms with Gasteiger partial charge in [0.15, 0.2) is 5.96 Å². The molecule has 0 bridgehead atoms. The molecular weight excluding hydrogens is 481 g/mol. The zero-order valence-electron chi connectivity index (χ0n) is 17.7. The molecule has 29 heavy (non-hydrogen) atoms. The van der Waals surface area contributed by atoms with Gasteiger partial charge in [0.1, 0.15) is 0 Å². The summed E-state index contributed by atoms with van der Waals surface area (Å²) in [4.78, 5) is 30.0. The van der Waals surface area contributed by atoms with E-state index in [1.807, 2.05) is 36.1 Å². The van der Waals surface area contributed by atoms with Crippen molar-refractivity contribution in [3.8, 4) is 0 Å². The molecule has 2 amide bonds. The van der Waals surface area contributed by atoms with E-state index in [9.17, 15) is 9.59 Å². The summed E-state index contributed by atoms with van der Waals surface area (Å²) in [7, 11) is 1.74. The topological polar surface area (TPSA) is 85.8 Å². The van der Waals surface area contributed by atoms with Gasteiger partial charge in [-0.15, -0.1) is 24.0 Å². The molecule has 1 heterocycles. The number of halogens is 1. The maximum Gasteiger partial charge on any atom is 0.251 e. The predicted octanol–water partition coefficient (Wildman–Crippen LogP) is 2.51. The Kier molecular flexibility index (Phi) is 11.6. The molecule has 1 fully saturated rings. The molecule has 0 spiro atoms. The van der Waals surface area contributed by atoms with Gasteiger partial charge in [-0.05, 0) is 30.5 Å². The smallest absolute Gasteiger partial charge is 0.251 e. The molecule has 1 aromatic carbocycles. The average Bonchev–Trinajstić information content (AvgIpc) is 3.19. The van der Waals surface area contributed by atoms with E-state index in [1.54, 1.807) is 7.05 Å². The number of benzene rings is 1. The van der Waals surface area contributed by atoms with Gasteiger partial charge < -0.3 is 20.9 Å². The van der Waals surface area contributed by atoms with Gasteiger partial charge in [-0.3, -0.25) is 14.6 Å². The van der Waals surface area contributed by atoms with Crippen molar-refractivity contribution in [2.24, 2.45) is 4.99 Å². The summed E-state index contributed by atoms with van der Waals surface area (Å²) in [5.41, 5.74) is 1.75. The Balaban J connectivity index is 0.00000420. The van der Waals surface area contributed by atoms with E-state index in [2.05, 4.69) is 27.9 Å². The van der Waals surface area contributed by atoms with E-state index in [-0.39, 0.29) is 41.8 Å². The number of rotatable bonds is 8. The standard InChI is InChI=1S/C21H33N5O2.HI/c1-4-6-12-23-20(28)17-9-7-16(8-10-17)14-24-21(22-3)25-18-11-13-26(15-18)19(27)5-2;/h7-10,18H,4-6,11-15H2,1-3H3,(H,23,28)(H2,22,24,25);1H. The highest BCUT2D eigenvalue weighted by Gasteiger charge is 2.25. The highest BCUT2D eigenvalue weighted by Crippen LogP contribution is 2.10. The van der Waals surface area contributed by atoms with Crippen molar-refractivity contribution in [3.05, 3.63) is 35.4 Å². The lowest BCUT2D eigenvalue weighted by Gasteiger charge is -2.18. The average molecular weight is 515 g/mol. The lowest BCUT2D eigenvalue weighted by molar-refractivity contribution is -0.129. The van der Waals surface area contributed by atoms with Crippen LogP contribution in [0.2, 0.25) is 0 Å². The van der Waals surface area contributed by atoms with Crippen molar-refractivity contribution < 1.29 is 9.59 Å². The summed E-state index contributed by atoms with van der Waals surface area (Å²) < 4.78 is 0. The van der Waals surface area contributed by atoms with E-state index in [1.165, 1.54) is 0 Å². The fourth-order valence-corrected chi connectivity index (χ4v) is 3.16. The van der Waals surface area contributed by atoms with Crippen LogP contribution in [0.5, 0.6) is 0 Å². The first kappa shape index (κ1) is 25.2. The highest BCUT2D eigenvalue weighted by atomic mass is 127. The van der Waals surface area contributed by atoms with Crippen molar-refractivity contribution >= 4 is 41.8 Å². The van der Waals surface area contributed by atoms with Crippen LogP contribution >= 0.6 is 24.0 Å². The normalized spacial score (nSPS) is 16.2. The lowest BCUT2D eigenvalue weighted by atomic mass is 10.1. The van der Waals surface area contributed by atoms with Crippen LogP contribution in [0.4, 0.5) is 0 Å². The maximum atomic E-state index is 12.0. The molecule has 1 aliphatic rings. The summed E-state index contributed by atoms with van der Waals surface area (Å²) in [6, 6.07) is 7.81. The quantitative estimate of drug-likeness (QED) is 0.215. The van der Waals surface area contributed by atoms with E-state index in [0.29, 0.717) is 25.1 Å². The van der Waals surface area contributed by atoms with Gasteiger partial charge in [-0.25, -0.2) is 0 Å². The molecular formula is C21H34IN5O2. The summed E-state index contributed by atoms with van der Waals surface area (Å²) in [5.74, 6) is 0.890. The molecule has 0 aromatic heterocycles. The van der Waals surface area contributed by atoms with E-state index in [0.717, 1.165) is 43.9 Å². The molecule has 1 saturated heterocycles. The second-order valence-electron chi connectivity index (χ2n) is 7.06. The van der Waals surface area contributed by atoms with Crippen LogP contribution in [-0.2, 0) is 11.3 Å². The largest absolute Gasteiger partial charge is 0.352 e. The minimum atomic E-state index is -0.0298. The third-order valence-corrected chi connectivity index (χ3v) is 4.90. The molecule has 8 heteroatoms. The highest BCUT2D eigenvalue weighted by molar-refractivity contribution is 14.0. The van der Waals surface area contributed by atoms with Crippen molar-refractivity contribution in [2.75, 3.05) is 26.7 Å². The van der Waals surface area contributed by atoms with Crippen LogP contribution < -0.4 is 16.0 Å². The Morgan fingerprint density at radius 2 is 1.90 bits per heavy atom. The SMILES string of the molecule is CCCCNC(=O)c1ccc(CNC(=NC)NC2CCN(C(=O)CC)C2)cc1.I. The summed E-state index contributed by atoms with van der Waals surface area (Å²) in [6.45, 7) is 6.83. The molecule has 3 N–H and O–H groups in total. The Hall–Kier alpha value is -1.84. The van der Waals surface area contributed by atoms with Gasteiger partial charge in [0.2, 0.25) is 5.91 Å². The first-order chi connectivity index (χ1) is 13.6. The van der Waals surface area contributed by atoms with Crippen LogP contribution in [0.15, 0.2) is 29.3 Å². The number of unbranched alkanes of at least 4 members (excludes halogenated alkanes) is 1. The van der Waals surface area contributed by atoms with Gasteiger partial charge in [0.05, 0.1) is 0 Å². The van der Waals surface area contributed by atoms with Crippen LogP contribution in [0.3, 0.4) is 0 Å². The van der Waals surface area contributed by atoms with Gasteiger partial charge in [0.25, 0.3) is 5.91 Å². The minimum absolute atomic E-state index is 0. The summed E-state index contributed by atoms with van der Waals surface area (Å²) in [5, 5.41) is 9.60. The Morgan fingerprint density at radius 1 is 1.17 bits per heavy atom. The van der Waals surface area contributed by atoms with Crippen LogP contribution in [0, 0.1) is 0 Å². The number of likely N-dealkylation sites (tertiary alicyclic amines) is 1. The van der Waals surface area contributed by atoms with Crippen LogP contribution in [0.1, 0.15) is 55.5 Å². The van der Waals surface area contributed by atoms with Crippen molar-refractivity contribution in [1.82, 2.24) is 20.9 Å². The van der Waals surface area contributed by atoms with Gasteiger partial charge in [0, 0.05) is 51.3 Å². The number of carbonyl (C=O) groups excluding carboxylic acids is 2. The minimum Gasteiger partial charge on any atom is -0.352 e. The van der Waals surface area contributed by atoms with Crippen molar-refractivity contribution in [3.63, 3.8) is 0 Å². The van der Waals surface area contributed by atoms with E-state index >= 15 is 0 Å². The zero-order chi connectivity index (χ0) is 20.4. The number of carbonyl (C=O) groups is 2. The number of hydrogen-bond acceptors (Lipinski definition) is 3. The zero-order valence-corrected chi connectivity index (χ0v) is 20.0. The summed E-state index contributed by atoms with van der Waals surface area (Å²) in [6.07, 6.45) is 3.53. The number of guanidine groups is 1. The maximum absolute atomic E-state index is 12.0. The molecule has 0 radical (unpaired) electrons. The Labute approximate surface area is 191 Å². The Morgan fingerprint density at radius 3 is 2.52 bits per heavy atom. The molecule has 162 valence electrons. The number of aliphatic imine (C=N–C) groups is 1. The number of nitrogens with zero attached hydrogens (tertiary/aromatic N) is 2. The number of nitrogens with one attached hydrogen (secondary N) is 3. The first-order valence-corrected chi connectivity index (χ1v) is 10.2. The fourth-order valence-electron chi connectivity index (χ4n) is 3.16. The fraction of sp³-hybridized carbons (Fsp3) is 0.571. The molecule has 2 rings (SSSR count). The van der Waals surface area contributed by atoms with Crippen molar-refractivity contribution in [2.45, 2.75) is 52.1 Å². The second-order valence-corrected chi connectivity index (χ2v) is 7.06. The molecule has 1 aromatic rings. The molecule has 0 saturated carbocycles. The third kappa shape index (κ3) is 8.20. The van der Waals surface area contributed by atoms with Crippen LogP contribution in [0.25, 0.3) is 0 Å². The predicted molar refractivity (Wildman–Crippen MR) is 128 cm³/mol. The van der Waals surface area contributed by atoms with Gasteiger partial charge in [-0.1, -0.05) is 32.4 Å². The van der Waals surface area contributed by atoms with Gasteiger partial charge in [-0.2, -0.15) is 0 Å². The lowest BCUT2D eigenvalue weighted by Crippen LogP contribution is -2.44. The Bertz CT molecular complexity index is 678. The monoisotopic (exact) mass is 515 g/mol. The molecule has 7 nitrogen and oxygen atoms in total. The van der Waals surface area contributed by atoms with Crippen molar-refractivity contribution in [1.29, 1.82) is 0 Å². The number of amides is 2. The molecule has 1 aliphatic heterocycles. The molecule has 0 aliphatic carbocycles. The molecule has 1 unspecified atom stereocenters. The first-order valence-electron chi connectivity index (χ1n) is 10.2. The molecule has 1 atom stereocenters. The number of hydrogen-bond donors (Lipinski definition) is 3. The summed E-state index contributed by atoms with van der Waals surface area (Å²) >= 11 is 0. The second kappa shape index (κ2) is 13.4. The van der Waals surface area contributed by atoms with Crippen LogP contribution in [-0.4, -0.2) is 55.4 Å². The third-order valence-electron chi connectivity index (χ3n) is 4.90.